The van der Waals surface area contributed by atoms with E-state index in [9.17, 15) is 0 Å². The summed E-state index contributed by atoms with van der Waals surface area (Å²) >= 11 is 7.67. The minimum atomic E-state index is -0.00970. The summed E-state index contributed by atoms with van der Waals surface area (Å²) in [4.78, 5) is 5.36. The molecule has 0 bridgehead atoms. The van der Waals surface area contributed by atoms with Crippen molar-refractivity contribution in [2.45, 2.75) is 36.5 Å². The van der Waals surface area contributed by atoms with E-state index in [-0.39, 0.29) is 12.0 Å². The molecule has 19 heavy (non-hydrogen) atoms. The van der Waals surface area contributed by atoms with E-state index >= 15 is 0 Å². The van der Waals surface area contributed by atoms with E-state index in [1.807, 2.05) is 38.1 Å². The molecule has 0 radical (unpaired) electrons. The maximum atomic E-state index is 6.09. The van der Waals surface area contributed by atoms with Gasteiger partial charge in [-0.25, -0.2) is 0 Å². The zero-order valence-electron chi connectivity index (χ0n) is 10.8. The van der Waals surface area contributed by atoms with Crippen molar-refractivity contribution >= 4 is 23.4 Å². The normalized spacial score (nSPS) is 14.3. The van der Waals surface area contributed by atoms with Crippen LogP contribution in [0.15, 0.2) is 33.7 Å². The zero-order valence-corrected chi connectivity index (χ0v) is 12.4. The van der Waals surface area contributed by atoms with E-state index in [0.29, 0.717) is 17.5 Å². The molecule has 0 aliphatic rings. The lowest BCUT2D eigenvalue weighted by Gasteiger charge is -2.09. The fourth-order valence-electron chi connectivity index (χ4n) is 1.44. The molecule has 0 aliphatic heterocycles. The van der Waals surface area contributed by atoms with E-state index in [1.54, 1.807) is 11.8 Å². The highest BCUT2D eigenvalue weighted by Crippen LogP contribution is 2.29. The molecule has 0 saturated heterocycles. The largest absolute Gasteiger partial charge is 0.339 e. The van der Waals surface area contributed by atoms with Gasteiger partial charge in [-0.2, -0.15) is 4.98 Å². The Bertz CT molecular complexity index is 544. The van der Waals surface area contributed by atoms with Crippen LogP contribution in [0.5, 0.6) is 0 Å². The SMILES string of the molecule is CC(N)C(C)c1nc(CSc2ccccc2Cl)no1. The minimum Gasteiger partial charge on any atom is -0.339 e. The van der Waals surface area contributed by atoms with Gasteiger partial charge in [0.05, 0.1) is 16.7 Å². The van der Waals surface area contributed by atoms with Crippen LogP contribution < -0.4 is 5.73 Å². The third kappa shape index (κ3) is 3.72. The van der Waals surface area contributed by atoms with E-state index in [0.717, 1.165) is 9.92 Å². The van der Waals surface area contributed by atoms with Crippen molar-refractivity contribution in [2.75, 3.05) is 0 Å². The van der Waals surface area contributed by atoms with E-state index in [1.165, 1.54) is 0 Å². The number of thioether (sulfide) groups is 1. The molecular weight excluding hydrogens is 282 g/mol. The van der Waals surface area contributed by atoms with Gasteiger partial charge in [0.25, 0.3) is 0 Å². The number of nitrogens with zero attached hydrogens (tertiary/aromatic N) is 2. The number of nitrogens with two attached hydrogens (primary N) is 1. The number of halogens is 1. The molecule has 2 rings (SSSR count). The number of aromatic nitrogens is 2. The second-order valence-corrected chi connectivity index (χ2v) is 5.84. The molecule has 0 aliphatic carbocycles. The highest BCUT2D eigenvalue weighted by atomic mass is 35.5. The summed E-state index contributed by atoms with van der Waals surface area (Å²) in [7, 11) is 0. The van der Waals surface area contributed by atoms with Crippen molar-refractivity contribution in [1.29, 1.82) is 0 Å². The smallest absolute Gasteiger partial charge is 0.231 e. The van der Waals surface area contributed by atoms with Gasteiger partial charge in [0.15, 0.2) is 5.82 Å². The third-order valence-corrected chi connectivity index (χ3v) is 4.37. The van der Waals surface area contributed by atoms with Gasteiger partial charge >= 0.3 is 0 Å². The van der Waals surface area contributed by atoms with Gasteiger partial charge in [-0.15, -0.1) is 11.8 Å². The molecule has 4 nitrogen and oxygen atoms in total. The lowest BCUT2D eigenvalue weighted by Crippen LogP contribution is -2.22. The minimum absolute atomic E-state index is 0.00970. The Morgan fingerprint density at radius 2 is 2.11 bits per heavy atom. The van der Waals surface area contributed by atoms with Crippen molar-refractivity contribution in [3.8, 4) is 0 Å². The summed E-state index contributed by atoms with van der Waals surface area (Å²) in [6.45, 7) is 3.90. The van der Waals surface area contributed by atoms with Gasteiger partial charge in [-0.3, -0.25) is 0 Å². The first-order chi connectivity index (χ1) is 9.08. The molecule has 1 aromatic carbocycles. The van der Waals surface area contributed by atoms with Gasteiger partial charge in [0.1, 0.15) is 0 Å². The van der Waals surface area contributed by atoms with Crippen LogP contribution in [-0.4, -0.2) is 16.2 Å². The Balaban J connectivity index is 1.99. The molecular formula is C13H16ClN3OS. The lowest BCUT2D eigenvalue weighted by molar-refractivity contribution is 0.344. The Labute approximate surface area is 121 Å². The average molecular weight is 298 g/mol. The maximum Gasteiger partial charge on any atom is 0.231 e. The summed E-state index contributed by atoms with van der Waals surface area (Å²) in [6, 6.07) is 7.68. The molecule has 0 saturated carbocycles. The quantitative estimate of drug-likeness (QED) is 0.856. The average Bonchev–Trinajstić information content (AvgIpc) is 2.85. The molecule has 2 N–H and O–H groups in total. The van der Waals surface area contributed by atoms with Crippen molar-refractivity contribution < 1.29 is 4.52 Å². The third-order valence-electron chi connectivity index (χ3n) is 2.86. The van der Waals surface area contributed by atoms with Crippen molar-refractivity contribution in [1.82, 2.24) is 10.1 Å². The molecule has 2 unspecified atom stereocenters. The maximum absolute atomic E-state index is 6.09. The predicted molar refractivity (Wildman–Crippen MR) is 77.4 cm³/mol. The molecule has 0 amide bonds. The van der Waals surface area contributed by atoms with Crippen LogP contribution in [0.2, 0.25) is 5.02 Å². The monoisotopic (exact) mass is 297 g/mol. The molecule has 6 heteroatoms. The highest BCUT2D eigenvalue weighted by molar-refractivity contribution is 7.98. The number of hydrogen-bond donors (Lipinski definition) is 1. The van der Waals surface area contributed by atoms with Crippen LogP contribution >= 0.6 is 23.4 Å². The van der Waals surface area contributed by atoms with Gasteiger partial charge < -0.3 is 10.3 Å². The molecule has 0 fully saturated rings. The van der Waals surface area contributed by atoms with E-state index in [2.05, 4.69) is 10.1 Å². The number of rotatable bonds is 5. The molecule has 1 aromatic heterocycles. The van der Waals surface area contributed by atoms with Crippen LogP contribution in [0.1, 0.15) is 31.5 Å². The summed E-state index contributed by atoms with van der Waals surface area (Å²) in [5.74, 6) is 1.93. The van der Waals surface area contributed by atoms with Crippen LogP contribution in [0.25, 0.3) is 0 Å². The van der Waals surface area contributed by atoms with Gasteiger partial charge in [-0.05, 0) is 19.1 Å². The van der Waals surface area contributed by atoms with E-state index in [4.69, 9.17) is 21.9 Å². The van der Waals surface area contributed by atoms with Crippen molar-refractivity contribution in [2.24, 2.45) is 5.73 Å². The Hall–Kier alpha value is -1.04. The fraction of sp³-hybridized carbons (Fsp3) is 0.385. The lowest BCUT2D eigenvalue weighted by atomic mass is 10.1. The topological polar surface area (TPSA) is 64.9 Å². The zero-order chi connectivity index (χ0) is 13.8. The standard InChI is InChI=1S/C13H16ClN3OS/c1-8(9(2)15)13-16-12(17-18-13)7-19-11-6-4-3-5-10(11)14/h3-6,8-9H,7,15H2,1-2H3. The summed E-state index contributed by atoms with van der Waals surface area (Å²) in [5, 5.41) is 4.70. The number of benzene rings is 1. The van der Waals surface area contributed by atoms with Gasteiger partial charge in [0.2, 0.25) is 5.89 Å². The van der Waals surface area contributed by atoms with Crippen molar-refractivity contribution in [3.63, 3.8) is 0 Å². The Morgan fingerprint density at radius 3 is 2.79 bits per heavy atom. The molecule has 2 aromatic rings. The Kier molecular flexibility index (Phi) is 4.85. The highest BCUT2D eigenvalue weighted by Gasteiger charge is 2.17. The summed E-state index contributed by atoms with van der Waals surface area (Å²) in [6.07, 6.45) is 0. The van der Waals surface area contributed by atoms with Crippen LogP contribution in [-0.2, 0) is 5.75 Å². The molecule has 0 spiro atoms. The molecule has 1 heterocycles. The van der Waals surface area contributed by atoms with Crippen LogP contribution in [0, 0.1) is 0 Å². The van der Waals surface area contributed by atoms with Gasteiger partial charge in [-0.1, -0.05) is 35.8 Å². The second kappa shape index (κ2) is 6.41. The predicted octanol–water partition coefficient (Wildman–Crippen LogP) is 3.47. The Morgan fingerprint density at radius 1 is 1.37 bits per heavy atom. The fourth-order valence-corrected chi connectivity index (χ4v) is 2.52. The first-order valence-corrected chi connectivity index (χ1v) is 7.39. The van der Waals surface area contributed by atoms with E-state index < -0.39 is 0 Å². The van der Waals surface area contributed by atoms with Crippen molar-refractivity contribution in [3.05, 3.63) is 41.0 Å². The van der Waals surface area contributed by atoms with Crippen LogP contribution in [0.4, 0.5) is 0 Å². The molecule has 102 valence electrons. The van der Waals surface area contributed by atoms with Gasteiger partial charge in [0, 0.05) is 10.9 Å². The summed E-state index contributed by atoms with van der Waals surface area (Å²) in [5.41, 5.74) is 5.81. The molecule has 2 atom stereocenters. The number of hydrogen-bond acceptors (Lipinski definition) is 5. The first kappa shape index (κ1) is 14.4. The second-order valence-electron chi connectivity index (χ2n) is 4.42. The first-order valence-electron chi connectivity index (χ1n) is 6.03. The van der Waals surface area contributed by atoms with Crippen LogP contribution in [0.3, 0.4) is 0 Å². The summed E-state index contributed by atoms with van der Waals surface area (Å²) < 4.78 is 5.22.